The smallest absolute Gasteiger partial charge is 0.330 e. The van der Waals surface area contributed by atoms with Gasteiger partial charge < -0.3 is 13.9 Å². The normalized spacial score (nSPS) is 22.6. The minimum atomic E-state index is -2.75. The maximum Gasteiger partial charge on any atom is 0.330 e. The lowest BCUT2D eigenvalue weighted by Crippen LogP contribution is -2.67. The van der Waals surface area contributed by atoms with Crippen LogP contribution in [0.15, 0.2) is 76.4 Å². The van der Waals surface area contributed by atoms with Crippen LogP contribution in [0.2, 0.25) is 5.04 Å². The van der Waals surface area contributed by atoms with Crippen molar-refractivity contribution in [2.45, 2.75) is 55.1 Å². The van der Waals surface area contributed by atoms with Gasteiger partial charge in [0.05, 0.1) is 16.6 Å². The third-order valence-electron chi connectivity index (χ3n) is 6.84. The molecule has 7 nitrogen and oxygen atoms in total. The van der Waals surface area contributed by atoms with Crippen molar-refractivity contribution in [2.75, 3.05) is 13.7 Å². The van der Waals surface area contributed by atoms with E-state index in [1.807, 2.05) is 12.1 Å². The quantitative estimate of drug-likeness (QED) is 0.250. The van der Waals surface area contributed by atoms with Crippen LogP contribution in [0.4, 0.5) is 0 Å². The van der Waals surface area contributed by atoms with Gasteiger partial charge in [0.15, 0.2) is 6.23 Å². The molecule has 0 spiro atoms. The zero-order valence-electron chi connectivity index (χ0n) is 21.2. The molecule has 0 amide bonds. The zero-order valence-corrected chi connectivity index (χ0v) is 24.4. The second-order valence-electron chi connectivity index (χ2n) is 10.2. The molecule has 9 heteroatoms. The fraction of sp³-hybridized carbons (Fsp3) is 0.407. The van der Waals surface area contributed by atoms with E-state index in [1.165, 1.54) is 21.1 Å². The number of aryl methyl sites for hydroxylation is 1. The van der Waals surface area contributed by atoms with Gasteiger partial charge in [-0.15, -0.1) is 0 Å². The maximum atomic E-state index is 12.6. The van der Waals surface area contributed by atoms with E-state index in [4.69, 9.17) is 13.9 Å². The van der Waals surface area contributed by atoms with E-state index in [-0.39, 0.29) is 21.2 Å². The Morgan fingerprint density at radius 2 is 1.58 bits per heavy atom. The molecule has 1 aliphatic heterocycles. The average molecular weight is 621 g/mol. The number of H-pyrrole nitrogens is 1. The van der Waals surface area contributed by atoms with E-state index < -0.39 is 25.8 Å². The first-order valence-corrected chi connectivity index (χ1v) is 15.1. The van der Waals surface area contributed by atoms with Gasteiger partial charge in [-0.25, -0.2) is 4.79 Å². The average Bonchev–Trinajstić information content (AvgIpc) is 3.17. The molecule has 2 aromatic carbocycles. The minimum Gasteiger partial charge on any atom is -0.405 e. The van der Waals surface area contributed by atoms with Crippen LogP contribution >= 0.6 is 22.6 Å². The summed E-state index contributed by atoms with van der Waals surface area (Å²) in [5.74, 6) is 0. The number of nitrogens with zero attached hydrogens (tertiary/aromatic N) is 1. The summed E-state index contributed by atoms with van der Waals surface area (Å²) in [4.78, 5) is 26.9. The number of hydrogen-bond acceptors (Lipinski definition) is 5. The number of alkyl halides is 1. The molecule has 4 rings (SSSR count). The highest BCUT2D eigenvalue weighted by Gasteiger charge is 2.52. The third-order valence-corrected chi connectivity index (χ3v) is 13.4. The van der Waals surface area contributed by atoms with Gasteiger partial charge in [-0.2, -0.15) is 0 Å². The topological polar surface area (TPSA) is 82.6 Å². The lowest BCUT2D eigenvalue weighted by molar-refractivity contribution is -0.0611. The first-order chi connectivity index (χ1) is 17.1. The number of ether oxygens (including phenoxy) is 2. The number of benzene rings is 2. The fourth-order valence-electron chi connectivity index (χ4n) is 5.05. The van der Waals surface area contributed by atoms with Crippen molar-refractivity contribution < 1.29 is 13.9 Å². The predicted octanol–water partition coefficient (Wildman–Crippen LogP) is 3.14. The van der Waals surface area contributed by atoms with Gasteiger partial charge in [0.25, 0.3) is 13.9 Å². The van der Waals surface area contributed by atoms with E-state index in [0.717, 1.165) is 0 Å². The number of aromatic amines is 1. The molecule has 2 heterocycles. The van der Waals surface area contributed by atoms with Crippen molar-refractivity contribution in [1.29, 1.82) is 0 Å². The highest BCUT2D eigenvalue weighted by atomic mass is 127. The first-order valence-electron chi connectivity index (χ1n) is 12.0. The zero-order chi connectivity index (χ0) is 26.1. The van der Waals surface area contributed by atoms with Crippen LogP contribution in [-0.2, 0) is 13.9 Å². The Morgan fingerprint density at radius 1 is 1.03 bits per heavy atom. The van der Waals surface area contributed by atoms with Crippen molar-refractivity contribution in [3.63, 3.8) is 0 Å². The standard InChI is InChI=1S/C27H33IN2O5Si/c1-18-16-30(26(32)29-24(18)31)25-23(33-5)22(28)21(35-25)17-34-36(27(2,3)4,19-12-8-6-9-13-19)20-14-10-7-11-15-20/h6-16,21-23,25H,17H2,1-5H3,(H,29,31,32)/t21-,22?,23?,25-/m0/s1. The lowest BCUT2D eigenvalue weighted by atomic mass is 10.2. The number of aromatic nitrogens is 2. The van der Waals surface area contributed by atoms with E-state index in [9.17, 15) is 9.59 Å². The van der Waals surface area contributed by atoms with Crippen LogP contribution < -0.4 is 21.6 Å². The van der Waals surface area contributed by atoms with Crippen LogP contribution in [0, 0.1) is 6.92 Å². The van der Waals surface area contributed by atoms with Crippen LogP contribution in [0.5, 0.6) is 0 Å². The Balaban J connectivity index is 1.71. The fourth-order valence-corrected chi connectivity index (χ4v) is 10.6. The molecule has 3 aromatic rings. The molecule has 1 saturated heterocycles. The molecule has 1 fully saturated rings. The van der Waals surface area contributed by atoms with Crippen molar-refractivity contribution >= 4 is 41.3 Å². The molecule has 0 saturated carbocycles. The van der Waals surface area contributed by atoms with Crippen molar-refractivity contribution in [3.05, 3.63) is 93.3 Å². The highest BCUT2D eigenvalue weighted by molar-refractivity contribution is 14.1. The molecule has 1 aliphatic rings. The van der Waals surface area contributed by atoms with Gasteiger partial charge in [-0.3, -0.25) is 14.3 Å². The summed E-state index contributed by atoms with van der Waals surface area (Å²) < 4.78 is 20.6. The van der Waals surface area contributed by atoms with Crippen LogP contribution in [-0.4, -0.2) is 47.7 Å². The van der Waals surface area contributed by atoms with Gasteiger partial charge in [0.2, 0.25) is 0 Å². The van der Waals surface area contributed by atoms with E-state index in [2.05, 4.69) is 96.9 Å². The largest absolute Gasteiger partial charge is 0.405 e. The molecular formula is C27H33IN2O5Si. The van der Waals surface area contributed by atoms with E-state index >= 15 is 0 Å². The van der Waals surface area contributed by atoms with Crippen molar-refractivity contribution in [3.8, 4) is 0 Å². The second kappa shape index (κ2) is 10.7. The molecule has 0 radical (unpaired) electrons. The Morgan fingerprint density at radius 3 is 2.08 bits per heavy atom. The van der Waals surface area contributed by atoms with Gasteiger partial charge in [-0.1, -0.05) is 104 Å². The lowest BCUT2D eigenvalue weighted by Gasteiger charge is -2.43. The molecule has 2 unspecified atom stereocenters. The molecule has 1 N–H and O–H groups in total. The summed E-state index contributed by atoms with van der Waals surface area (Å²) in [6.07, 6.45) is 0.155. The van der Waals surface area contributed by atoms with Crippen LogP contribution in [0.1, 0.15) is 32.6 Å². The molecule has 192 valence electrons. The van der Waals surface area contributed by atoms with Crippen molar-refractivity contribution in [1.82, 2.24) is 9.55 Å². The van der Waals surface area contributed by atoms with E-state index in [0.29, 0.717) is 12.2 Å². The van der Waals surface area contributed by atoms with Gasteiger partial charge >= 0.3 is 5.69 Å². The van der Waals surface area contributed by atoms with Gasteiger partial charge in [-0.05, 0) is 22.3 Å². The summed E-state index contributed by atoms with van der Waals surface area (Å²) in [7, 11) is -1.13. The maximum absolute atomic E-state index is 12.6. The molecular weight excluding hydrogens is 587 g/mol. The molecule has 4 atom stereocenters. The molecule has 0 aliphatic carbocycles. The Bertz CT molecular complexity index is 1250. The first kappa shape index (κ1) is 27.0. The summed E-state index contributed by atoms with van der Waals surface area (Å²) in [5, 5.41) is 2.22. The number of hydrogen-bond donors (Lipinski definition) is 1. The van der Waals surface area contributed by atoms with Crippen molar-refractivity contribution in [2.24, 2.45) is 0 Å². The SMILES string of the molecule is COC1C(I)[C@H](CO[Si](c2ccccc2)(c2ccccc2)C(C)(C)C)O[C@@H]1n1cc(C)c(=O)[nH]c1=O. The molecule has 36 heavy (non-hydrogen) atoms. The summed E-state index contributed by atoms with van der Waals surface area (Å²) in [5.41, 5.74) is -0.485. The van der Waals surface area contributed by atoms with Gasteiger partial charge in [0.1, 0.15) is 6.10 Å². The molecule has 0 bridgehead atoms. The Kier molecular flexibility index (Phi) is 8.06. The minimum absolute atomic E-state index is 0.0741. The van der Waals surface area contributed by atoms with E-state index in [1.54, 1.807) is 14.0 Å². The van der Waals surface area contributed by atoms with Crippen LogP contribution in [0.25, 0.3) is 0 Å². The number of rotatable bonds is 7. The monoisotopic (exact) mass is 620 g/mol. The summed E-state index contributed by atoms with van der Waals surface area (Å²) in [6.45, 7) is 8.71. The Labute approximate surface area is 226 Å². The number of nitrogens with one attached hydrogen (secondary N) is 1. The second-order valence-corrected chi connectivity index (χ2v) is 15.9. The van der Waals surface area contributed by atoms with Crippen LogP contribution in [0.3, 0.4) is 0 Å². The summed E-state index contributed by atoms with van der Waals surface area (Å²) >= 11 is 2.33. The number of halogens is 1. The third kappa shape index (κ3) is 4.91. The number of methoxy groups -OCH3 is 1. The molecule has 1 aromatic heterocycles. The van der Waals surface area contributed by atoms with Gasteiger partial charge in [0, 0.05) is 18.9 Å². The highest BCUT2D eigenvalue weighted by Crippen LogP contribution is 2.39. The Hall–Kier alpha value is -2.05. The summed E-state index contributed by atoms with van der Waals surface area (Å²) in [6, 6.07) is 20.9. The predicted molar refractivity (Wildman–Crippen MR) is 152 cm³/mol.